The fourth-order valence-corrected chi connectivity index (χ4v) is 5.39. The van der Waals surface area contributed by atoms with Crippen LogP contribution >= 0.6 is 0 Å². The fourth-order valence-electron chi connectivity index (χ4n) is 5.39. The van der Waals surface area contributed by atoms with Crippen LogP contribution in [0.15, 0.2) is 36.7 Å². The number of likely N-dealkylation sites (N-methyl/N-ethyl adjacent to an activating group) is 1. The Morgan fingerprint density at radius 3 is 2.70 bits per heavy atom. The molecular weight excluding hydrogens is 374 g/mol. The van der Waals surface area contributed by atoms with Gasteiger partial charge in [-0.3, -0.25) is 9.30 Å². The van der Waals surface area contributed by atoms with E-state index in [4.69, 9.17) is 10.7 Å². The van der Waals surface area contributed by atoms with Gasteiger partial charge in [0.1, 0.15) is 17.2 Å². The first-order chi connectivity index (χ1) is 14.7. The highest BCUT2D eigenvalue weighted by atomic mass is 15.3. The van der Waals surface area contributed by atoms with E-state index in [1.165, 1.54) is 50.3 Å². The number of nitrogens with two attached hydrogens (primary N) is 1. The number of hydrogen-bond donors (Lipinski definition) is 2. The van der Waals surface area contributed by atoms with Crippen LogP contribution in [0.5, 0.6) is 0 Å². The predicted molar refractivity (Wildman–Crippen MR) is 119 cm³/mol. The summed E-state index contributed by atoms with van der Waals surface area (Å²) in [5.74, 6) is 2.21. The highest BCUT2D eigenvalue weighted by Gasteiger charge is 2.39. The number of benzene rings is 1. The minimum Gasteiger partial charge on any atom is -0.382 e. The number of nitrogens with zero attached hydrogens (tertiary/aromatic N) is 5. The van der Waals surface area contributed by atoms with Crippen molar-refractivity contribution in [1.82, 2.24) is 24.2 Å². The van der Waals surface area contributed by atoms with Gasteiger partial charge in [-0.1, -0.05) is 18.2 Å². The third-order valence-electron chi connectivity index (χ3n) is 7.27. The van der Waals surface area contributed by atoms with Gasteiger partial charge in [0.15, 0.2) is 0 Å². The van der Waals surface area contributed by atoms with Gasteiger partial charge in [-0.25, -0.2) is 9.97 Å². The Bertz CT molecular complexity index is 1050. The largest absolute Gasteiger partial charge is 0.382 e. The number of hydrogen-bond acceptors (Lipinski definition) is 6. The zero-order chi connectivity index (χ0) is 20.2. The number of fused-ring (bicyclic) bond motifs is 2. The molecule has 1 atom stereocenters. The maximum absolute atomic E-state index is 6.35. The second kappa shape index (κ2) is 6.96. The van der Waals surface area contributed by atoms with E-state index in [0.29, 0.717) is 17.8 Å². The molecule has 3 aliphatic rings. The van der Waals surface area contributed by atoms with E-state index in [0.717, 1.165) is 23.5 Å². The molecule has 0 amide bonds. The quantitative estimate of drug-likeness (QED) is 0.700. The van der Waals surface area contributed by atoms with Crippen molar-refractivity contribution < 1.29 is 0 Å². The molecule has 6 rings (SSSR count). The Hall–Kier alpha value is -2.64. The van der Waals surface area contributed by atoms with Gasteiger partial charge in [0, 0.05) is 62.6 Å². The van der Waals surface area contributed by atoms with Crippen LogP contribution in [0, 0.1) is 0 Å². The molecule has 0 bridgehead atoms. The molecule has 3 aromatic rings. The average Bonchev–Trinajstić information content (AvgIpc) is 3.31. The third kappa shape index (κ3) is 2.87. The van der Waals surface area contributed by atoms with Crippen molar-refractivity contribution >= 4 is 17.0 Å². The standard InChI is InChI=1S/C23H29N7/c1-28-8-10-29(11-9-28)17-12-16(13-17)23-27-20(21-22(24)25-6-7-30(21)23)19-14-15-4-2-3-5-18(15)26-19/h2-7,16-17,19,26H,8-14H2,1H3,(H2,24,25). The van der Waals surface area contributed by atoms with Crippen molar-refractivity contribution in [2.45, 2.75) is 37.3 Å². The summed E-state index contributed by atoms with van der Waals surface area (Å²) in [6.07, 6.45) is 7.13. The Balaban J connectivity index is 1.28. The lowest BCUT2D eigenvalue weighted by atomic mass is 9.78. The second-order valence-corrected chi connectivity index (χ2v) is 9.11. The lowest BCUT2D eigenvalue weighted by Crippen LogP contribution is -2.52. The van der Waals surface area contributed by atoms with E-state index in [-0.39, 0.29) is 6.04 Å². The van der Waals surface area contributed by atoms with Gasteiger partial charge in [0.25, 0.3) is 0 Å². The molecule has 3 N–H and O–H groups in total. The summed E-state index contributed by atoms with van der Waals surface area (Å²) in [6, 6.07) is 9.34. The zero-order valence-corrected chi connectivity index (χ0v) is 17.5. The SMILES string of the molecule is CN1CCN(C2CC(c3nc(C4Cc5ccccc5N4)c4c(N)nccn34)C2)CC1. The van der Waals surface area contributed by atoms with Crippen LogP contribution in [0.25, 0.3) is 5.52 Å². The van der Waals surface area contributed by atoms with Gasteiger partial charge in [-0.15, -0.1) is 0 Å². The Labute approximate surface area is 176 Å². The average molecular weight is 404 g/mol. The maximum Gasteiger partial charge on any atom is 0.149 e. The molecule has 30 heavy (non-hydrogen) atoms. The van der Waals surface area contributed by atoms with Crippen LogP contribution in [0.2, 0.25) is 0 Å². The van der Waals surface area contributed by atoms with Crippen LogP contribution in [0.4, 0.5) is 11.5 Å². The molecular formula is C23H29N7. The Morgan fingerprint density at radius 1 is 1.10 bits per heavy atom. The first kappa shape index (κ1) is 18.2. The van der Waals surface area contributed by atoms with Gasteiger partial charge < -0.3 is 16.0 Å². The third-order valence-corrected chi connectivity index (χ3v) is 7.27. The lowest BCUT2D eigenvalue weighted by Gasteiger charge is -2.45. The summed E-state index contributed by atoms with van der Waals surface area (Å²) in [7, 11) is 2.22. The number of piperazine rings is 1. The Kier molecular flexibility index (Phi) is 4.21. The van der Waals surface area contributed by atoms with Gasteiger partial charge >= 0.3 is 0 Å². The number of para-hydroxylation sites is 1. The number of anilines is 2. The highest BCUT2D eigenvalue weighted by molar-refractivity contribution is 5.72. The van der Waals surface area contributed by atoms with Gasteiger partial charge in [0.2, 0.25) is 0 Å². The summed E-state index contributed by atoms with van der Waals surface area (Å²) >= 11 is 0. The number of rotatable bonds is 3. The first-order valence-electron chi connectivity index (χ1n) is 11.1. The molecule has 7 heteroatoms. The molecule has 2 fully saturated rings. The molecule has 4 heterocycles. The molecule has 1 unspecified atom stereocenters. The smallest absolute Gasteiger partial charge is 0.149 e. The van der Waals surface area contributed by atoms with Gasteiger partial charge in [-0.05, 0) is 31.5 Å². The topological polar surface area (TPSA) is 74.7 Å². The van der Waals surface area contributed by atoms with Crippen LogP contribution in [-0.4, -0.2) is 63.4 Å². The van der Waals surface area contributed by atoms with Gasteiger partial charge in [0.05, 0.1) is 11.7 Å². The summed E-state index contributed by atoms with van der Waals surface area (Å²) in [5, 5.41) is 3.65. The summed E-state index contributed by atoms with van der Waals surface area (Å²) in [6.45, 7) is 4.71. The minimum atomic E-state index is 0.145. The normalized spacial score (nSPS) is 27.0. The molecule has 156 valence electrons. The zero-order valence-electron chi connectivity index (χ0n) is 17.5. The number of nitrogens with one attached hydrogen (secondary N) is 1. The Morgan fingerprint density at radius 2 is 1.90 bits per heavy atom. The summed E-state index contributed by atoms with van der Waals surface area (Å²) in [5.41, 5.74) is 10.9. The van der Waals surface area contributed by atoms with Crippen LogP contribution in [0.1, 0.15) is 41.9 Å². The second-order valence-electron chi connectivity index (χ2n) is 9.11. The van der Waals surface area contributed by atoms with Crippen molar-refractivity contribution in [1.29, 1.82) is 0 Å². The maximum atomic E-state index is 6.35. The highest BCUT2D eigenvalue weighted by Crippen LogP contribution is 2.43. The summed E-state index contributed by atoms with van der Waals surface area (Å²) in [4.78, 5) is 14.6. The van der Waals surface area contributed by atoms with Crippen molar-refractivity contribution in [2.75, 3.05) is 44.3 Å². The van der Waals surface area contributed by atoms with E-state index < -0.39 is 0 Å². The molecule has 1 saturated carbocycles. The molecule has 1 aliphatic carbocycles. The van der Waals surface area contributed by atoms with Crippen LogP contribution < -0.4 is 11.1 Å². The molecule has 0 spiro atoms. The van der Waals surface area contributed by atoms with Crippen LogP contribution in [0.3, 0.4) is 0 Å². The molecule has 1 saturated heterocycles. The fraction of sp³-hybridized carbons (Fsp3) is 0.478. The number of imidazole rings is 1. The molecule has 2 aromatic heterocycles. The predicted octanol–water partition coefficient (Wildman–Crippen LogP) is 2.51. The van der Waals surface area contributed by atoms with Crippen molar-refractivity contribution in [3.63, 3.8) is 0 Å². The van der Waals surface area contributed by atoms with E-state index in [2.05, 4.69) is 55.8 Å². The summed E-state index contributed by atoms with van der Waals surface area (Å²) < 4.78 is 2.20. The van der Waals surface area contributed by atoms with Crippen molar-refractivity contribution in [3.8, 4) is 0 Å². The van der Waals surface area contributed by atoms with E-state index >= 15 is 0 Å². The molecule has 0 radical (unpaired) electrons. The van der Waals surface area contributed by atoms with Gasteiger partial charge in [-0.2, -0.15) is 0 Å². The monoisotopic (exact) mass is 403 g/mol. The van der Waals surface area contributed by atoms with E-state index in [1.807, 2.05) is 6.20 Å². The number of aromatic nitrogens is 3. The van der Waals surface area contributed by atoms with Crippen LogP contribution in [-0.2, 0) is 6.42 Å². The molecule has 1 aromatic carbocycles. The molecule has 2 aliphatic heterocycles. The minimum absolute atomic E-state index is 0.145. The van der Waals surface area contributed by atoms with Crippen molar-refractivity contribution in [3.05, 3.63) is 53.7 Å². The van der Waals surface area contributed by atoms with Crippen molar-refractivity contribution in [2.24, 2.45) is 0 Å². The number of nitrogen functional groups attached to an aromatic ring is 1. The first-order valence-corrected chi connectivity index (χ1v) is 11.1. The van der Waals surface area contributed by atoms with E-state index in [1.54, 1.807) is 6.20 Å². The van der Waals surface area contributed by atoms with E-state index in [9.17, 15) is 0 Å². The lowest BCUT2D eigenvalue weighted by molar-refractivity contribution is 0.0586. The molecule has 7 nitrogen and oxygen atoms in total.